The highest BCUT2D eigenvalue weighted by Gasteiger charge is 2.35. The fraction of sp³-hybridized carbons (Fsp3) is 0.355. The van der Waals surface area contributed by atoms with Crippen LogP contribution in [-0.4, -0.2) is 58.0 Å². The minimum atomic E-state index is -4.24. The van der Waals surface area contributed by atoms with Gasteiger partial charge in [-0.25, -0.2) is 8.42 Å². The number of amides is 2. The van der Waals surface area contributed by atoms with Gasteiger partial charge in [0.1, 0.15) is 24.1 Å². The van der Waals surface area contributed by atoms with Crippen molar-refractivity contribution in [3.05, 3.63) is 83.9 Å². The average Bonchev–Trinajstić information content (AvgIpc) is 2.95. The Labute approximate surface area is 243 Å². The van der Waals surface area contributed by atoms with Gasteiger partial charge >= 0.3 is 0 Å². The van der Waals surface area contributed by atoms with Gasteiger partial charge in [0, 0.05) is 18.7 Å². The molecule has 1 N–H and O–H groups in total. The molecule has 0 saturated carbocycles. The van der Waals surface area contributed by atoms with Gasteiger partial charge in [0.2, 0.25) is 11.8 Å². The molecule has 10 heteroatoms. The molecule has 0 bridgehead atoms. The molecule has 0 radical (unpaired) electrons. The molecule has 0 saturated heterocycles. The molecule has 0 fully saturated rings. The highest BCUT2D eigenvalue weighted by molar-refractivity contribution is 7.92. The number of ether oxygens (including phenoxy) is 2. The molecule has 0 unspecified atom stereocenters. The van der Waals surface area contributed by atoms with E-state index in [1.165, 1.54) is 37.3 Å². The fourth-order valence-electron chi connectivity index (χ4n) is 4.53. The van der Waals surface area contributed by atoms with E-state index in [4.69, 9.17) is 9.47 Å². The highest BCUT2D eigenvalue weighted by Crippen LogP contribution is 2.36. The van der Waals surface area contributed by atoms with Crippen molar-refractivity contribution in [2.45, 2.75) is 57.6 Å². The lowest BCUT2D eigenvalue weighted by atomic mass is 10.1. The molecule has 0 spiro atoms. The van der Waals surface area contributed by atoms with E-state index in [2.05, 4.69) is 5.32 Å². The Morgan fingerprint density at radius 2 is 1.63 bits per heavy atom. The van der Waals surface area contributed by atoms with Gasteiger partial charge in [0.15, 0.2) is 0 Å². The predicted molar refractivity (Wildman–Crippen MR) is 160 cm³/mol. The largest absolute Gasteiger partial charge is 0.497 e. The van der Waals surface area contributed by atoms with Crippen LogP contribution in [0, 0.1) is 6.92 Å². The fourth-order valence-corrected chi connectivity index (χ4v) is 5.97. The Hall–Kier alpha value is -4.05. The summed E-state index contributed by atoms with van der Waals surface area (Å²) in [6, 6.07) is 19.3. The average molecular weight is 582 g/mol. The Kier molecular flexibility index (Phi) is 10.8. The number of aryl methyl sites for hydroxylation is 1. The van der Waals surface area contributed by atoms with Gasteiger partial charge in [-0.1, -0.05) is 55.0 Å². The lowest BCUT2D eigenvalue weighted by Gasteiger charge is -2.34. The zero-order valence-electron chi connectivity index (χ0n) is 24.5. The van der Waals surface area contributed by atoms with Gasteiger partial charge in [0.05, 0.1) is 24.8 Å². The van der Waals surface area contributed by atoms with Crippen molar-refractivity contribution >= 4 is 27.5 Å². The first-order chi connectivity index (χ1) is 19.5. The number of hydrogen-bond donors (Lipinski definition) is 1. The van der Waals surface area contributed by atoms with Gasteiger partial charge in [-0.05, 0) is 57.0 Å². The van der Waals surface area contributed by atoms with Crippen LogP contribution in [0.15, 0.2) is 77.7 Å². The van der Waals surface area contributed by atoms with Crippen molar-refractivity contribution in [1.29, 1.82) is 0 Å². The van der Waals surface area contributed by atoms with Gasteiger partial charge in [0.25, 0.3) is 10.0 Å². The summed E-state index contributed by atoms with van der Waals surface area (Å²) in [5, 5.41) is 2.90. The summed E-state index contributed by atoms with van der Waals surface area (Å²) in [6.45, 7) is 7.02. The number of carbonyl (C=O) groups is 2. The van der Waals surface area contributed by atoms with E-state index in [0.717, 1.165) is 15.4 Å². The number of methoxy groups -OCH3 is 2. The monoisotopic (exact) mass is 581 g/mol. The van der Waals surface area contributed by atoms with E-state index in [9.17, 15) is 18.0 Å². The quantitative estimate of drug-likeness (QED) is 0.318. The van der Waals surface area contributed by atoms with Crippen molar-refractivity contribution in [2.75, 3.05) is 25.1 Å². The zero-order chi connectivity index (χ0) is 30.2. The normalized spacial score (nSPS) is 12.0. The Balaban J connectivity index is 2.14. The van der Waals surface area contributed by atoms with Gasteiger partial charge in [-0.15, -0.1) is 0 Å². The van der Waals surface area contributed by atoms with Crippen molar-refractivity contribution in [3.8, 4) is 11.5 Å². The zero-order valence-corrected chi connectivity index (χ0v) is 25.3. The molecule has 0 aliphatic heterocycles. The Bertz CT molecular complexity index is 1440. The smallest absolute Gasteiger partial charge is 0.264 e. The molecule has 41 heavy (non-hydrogen) atoms. The summed E-state index contributed by atoms with van der Waals surface area (Å²) in [5.41, 5.74) is 1.97. The molecule has 9 nitrogen and oxygen atoms in total. The summed E-state index contributed by atoms with van der Waals surface area (Å²) >= 11 is 0. The van der Waals surface area contributed by atoms with Crippen LogP contribution < -0.4 is 19.1 Å². The van der Waals surface area contributed by atoms with Crippen LogP contribution in [0.25, 0.3) is 0 Å². The SMILES string of the molecule is CC[C@@H](C(=O)NC(C)C)N(Cc1cccc(C)c1)C(=O)CN(c1cc(OC)ccc1OC)S(=O)(=O)c1ccccc1. The van der Waals surface area contributed by atoms with Gasteiger partial charge < -0.3 is 19.7 Å². The van der Waals surface area contributed by atoms with Crippen molar-refractivity contribution < 1.29 is 27.5 Å². The van der Waals surface area contributed by atoms with E-state index in [0.29, 0.717) is 12.2 Å². The Morgan fingerprint density at radius 3 is 2.22 bits per heavy atom. The van der Waals surface area contributed by atoms with Crippen molar-refractivity contribution in [3.63, 3.8) is 0 Å². The molecule has 3 aromatic carbocycles. The standard InChI is InChI=1S/C31H39N3O6S/c1-7-27(31(36)32-22(2)3)33(20-24-13-11-12-23(4)18-24)30(35)21-34(41(37,38)26-14-9-8-10-15-26)28-19-25(39-5)16-17-29(28)40-6/h8-19,22,27H,7,20-21H2,1-6H3,(H,32,36)/t27-/m0/s1. The van der Waals surface area contributed by atoms with Crippen LogP contribution in [0.3, 0.4) is 0 Å². The maximum absolute atomic E-state index is 14.2. The van der Waals surface area contributed by atoms with Crippen molar-refractivity contribution in [1.82, 2.24) is 10.2 Å². The van der Waals surface area contributed by atoms with Crippen molar-refractivity contribution in [2.24, 2.45) is 0 Å². The lowest BCUT2D eigenvalue weighted by molar-refractivity contribution is -0.140. The third-order valence-electron chi connectivity index (χ3n) is 6.52. The minimum absolute atomic E-state index is 0.00694. The molecule has 3 aromatic rings. The molecule has 0 heterocycles. The number of nitrogens with zero attached hydrogens (tertiary/aromatic N) is 2. The molecule has 0 aromatic heterocycles. The third kappa shape index (κ3) is 7.79. The molecule has 1 atom stereocenters. The van der Waals surface area contributed by atoms with E-state index < -0.39 is 28.5 Å². The molecule has 220 valence electrons. The summed E-state index contributed by atoms with van der Waals surface area (Å²) < 4.78 is 40.0. The summed E-state index contributed by atoms with van der Waals surface area (Å²) in [6.07, 6.45) is 0.337. The minimum Gasteiger partial charge on any atom is -0.497 e. The molecule has 0 aliphatic carbocycles. The number of sulfonamides is 1. The third-order valence-corrected chi connectivity index (χ3v) is 8.29. The van der Waals surface area contributed by atoms with Crippen LogP contribution in [0.1, 0.15) is 38.3 Å². The van der Waals surface area contributed by atoms with E-state index in [1.807, 2.05) is 52.0 Å². The first-order valence-electron chi connectivity index (χ1n) is 13.5. The summed E-state index contributed by atoms with van der Waals surface area (Å²) in [5.74, 6) is -0.213. The second-order valence-corrected chi connectivity index (χ2v) is 11.8. The second kappa shape index (κ2) is 14.0. The lowest BCUT2D eigenvalue weighted by Crippen LogP contribution is -2.53. The van der Waals surface area contributed by atoms with E-state index in [1.54, 1.807) is 30.3 Å². The number of hydrogen-bond acceptors (Lipinski definition) is 6. The molecule has 2 amide bonds. The number of benzene rings is 3. The maximum atomic E-state index is 14.2. The first-order valence-corrected chi connectivity index (χ1v) is 14.9. The van der Waals surface area contributed by atoms with E-state index >= 15 is 0 Å². The number of rotatable bonds is 13. The molecular formula is C31H39N3O6S. The number of nitrogens with one attached hydrogen (secondary N) is 1. The number of anilines is 1. The first kappa shape index (κ1) is 31.5. The molecule has 0 aliphatic rings. The Morgan fingerprint density at radius 1 is 0.927 bits per heavy atom. The molecular weight excluding hydrogens is 542 g/mol. The second-order valence-electron chi connectivity index (χ2n) is 9.96. The maximum Gasteiger partial charge on any atom is 0.264 e. The van der Waals surface area contributed by atoms with Crippen LogP contribution in [-0.2, 0) is 26.2 Å². The summed E-state index contributed by atoms with van der Waals surface area (Å²) in [7, 11) is -1.35. The predicted octanol–water partition coefficient (Wildman–Crippen LogP) is 4.54. The summed E-state index contributed by atoms with van der Waals surface area (Å²) in [4.78, 5) is 28.9. The topological polar surface area (TPSA) is 105 Å². The van der Waals surface area contributed by atoms with Crippen LogP contribution in [0.4, 0.5) is 5.69 Å². The highest BCUT2D eigenvalue weighted by atomic mass is 32.2. The van der Waals surface area contributed by atoms with Crippen LogP contribution >= 0.6 is 0 Å². The number of carbonyl (C=O) groups excluding carboxylic acids is 2. The van der Waals surface area contributed by atoms with Crippen LogP contribution in [0.2, 0.25) is 0 Å². The van der Waals surface area contributed by atoms with Gasteiger partial charge in [-0.3, -0.25) is 13.9 Å². The molecule has 3 rings (SSSR count). The van der Waals surface area contributed by atoms with Gasteiger partial charge in [-0.2, -0.15) is 0 Å². The van der Waals surface area contributed by atoms with E-state index in [-0.39, 0.29) is 34.8 Å². The van der Waals surface area contributed by atoms with Crippen LogP contribution in [0.5, 0.6) is 11.5 Å².